The second-order valence-electron chi connectivity index (χ2n) is 4.83. The van der Waals surface area contributed by atoms with E-state index in [2.05, 4.69) is 35.5 Å². The predicted molar refractivity (Wildman–Crippen MR) is 75.4 cm³/mol. The molecule has 0 bridgehead atoms. The molecule has 0 radical (unpaired) electrons. The summed E-state index contributed by atoms with van der Waals surface area (Å²) >= 11 is 0. The monoisotopic (exact) mass is 253 g/mol. The van der Waals surface area contributed by atoms with Gasteiger partial charge in [-0.1, -0.05) is 32.8 Å². The second kappa shape index (κ2) is 8.97. The number of rotatable bonds is 7. The van der Waals surface area contributed by atoms with E-state index in [0.29, 0.717) is 12.5 Å². The maximum Gasteiger partial charge on any atom is 0.318 e. The van der Waals surface area contributed by atoms with Crippen molar-refractivity contribution in [3.8, 4) is 0 Å². The van der Waals surface area contributed by atoms with Crippen molar-refractivity contribution in [1.29, 1.82) is 0 Å². The summed E-state index contributed by atoms with van der Waals surface area (Å²) in [6.45, 7) is 7.93. The average molecular weight is 253 g/mol. The molecule has 4 nitrogen and oxygen atoms in total. The Labute approximate surface area is 111 Å². The van der Waals surface area contributed by atoms with E-state index >= 15 is 0 Å². The zero-order valence-electron chi connectivity index (χ0n) is 11.7. The highest BCUT2D eigenvalue weighted by molar-refractivity contribution is 5.74. The lowest BCUT2D eigenvalue weighted by Gasteiger charge is -2.17. The maximum atomic E-state index is 11.5. The van der Waals surface area contributed by atoms with Gasteiger partial charge in [0, 0.05) is 19.3 Å². The number of likely N-dealkylation sites (N-methyl/N-ethyl adjacent to an activating group) is 1. The summed E-state index contributed by atoms with van der Waals surface area (Å²) in [5.74, 6) is 0.668. The number of hydrogen-bond acceptors (Lipinski definition) is 2. The number of allylic oxidation sites excluding steroid dienone is 1. The molecule has 0 heterocycles. The van der Waals surface area contributed by atoms with Crippen LogP contribution in [0.25, 0.3) is 0 Å². The van der Waals surface area contributed by atoms with Crippen molar-refractivity contribution in [2.75, 3.05) is 26.2 Å². The van der Waals surface area contributed by atoms with E-state index in [1.54, 1.807) is 6.20 Å². The van der Waals surface area contributed by atoms with Gasteiger partial charge >= 0.3 is 6.03 Å². The van der Waals surface area contributed by atoms with Gasteiger partial charge in [-0.15, -0.1) is 0 Å². The number of carbonyl (C=O) groups is 1. The third-order valence-electron chi connectivity index (χ3n) is 3.59. The van der Waals surface area contributed by atoms with Gasteiger partial charge in [-0.3, -0.25) is 0 Å². The van der Waals surface area contributed by atoms with Gasteiger partial charge in [0.25, 0.3) is 0 Å². The number of urea groups is 1. The summed E-state index contributed by atoms with van der Waals surface area (Å²) in [4.78, 5) is 13.8. The lowest BCUT2D eigenvalue weighted by molar-refractivity contribution is 0.240. The van der Waals surface area contributed by atoms with Crippen LogP contribution in [0.3, 0.4) is 0 Å². The molecule has 0 aromatic rings. The largest absolute Gasteiger partial charge is 0.337 e. The SMILES string of the molecule is CCN(CC)CCNC(=O)N/C=C/C1CCCC1. The van der Waals surface area contributed by atoms with Crippen LogP contribution in [0.2, 0.25) is 0 Å². The van der Waals surface area contributed by atoms with Crippen LogP contribution in [0.1, 0.15) is 39.5 Å². The molecular weight excluding hydrogens is 226 g/mol. The molecule has 4 heteroatoms. The van der Waals surface area contributed by atoms with Crippen molar-refractivity contribution in [2.45, 2.75) is 39.5 Å². The van der Waals surface area contributed by atoms with E-state index < -0.39 is 0 Å². The molecule has 0 unspecified atom stereocenters. The Morgan fingerprint density at radius 1 is 1.28 bits per heavy atom. The number of nitrogens with one attached hydrogen (secondary N) is 2. The van der Waals surface area contributed by atoms with Crippen LogP contribution in [-0.4, -0.2) is 37.1 Å². The number of carbonyl (C=O) groups excluding carboxylic acids is 1. The van der Waals surface area contributed by atoms with Gasteiger partial charge < -0.3 is 15.5 Å². The molecule has 0 aromatic heterocycles. The highest BCUT2D eigenvalue weighted by atomic mass is 16.2. The molecule has 0 saturated heterocycles. The minimum Gasteiger partial charge on any atom is -0.337 e. The minimum atomic E-state index is -0.101. The van der Waals surface area contributed by atoms with Crippen LogP contribution in [0.5, 0.6) is 0 Å². The number of nitrogens with zero attached hydrogens (tertiary/aromatic N) is 1. The first kappa shape index (κ1) is 15.0. The molecule has 0 aromatic carbocycles. The summed E-state index contributed by atoms with van der Waals surface area (Å²) < 4.78 is 0. The third-order valence-corrected chi connectivity index (χ3v) is 3.59. The van der Waals surface area contributed by atoms with Crippen molar-refractivity contribution in [2.24, 2.45) is 5.92 Å². The van der Waals surface area contributed by atoms with Gasteiger partial charge in [-0.05, 0) is 31.8 Å². The minimum absolute atomic E-state index is 0.101. The third kappa shape index (κ3) is 6.05. The van der Waals surface area contributed by atoms with Crippen LogP contribution < -0.4 is 10.6 Å². The van der Waals surface area contributed by atoms with Gasteiger partial charge in [-0.2, -0.15) is 0 Å². The molecule has 1 saturated carbocycles. The topological polar surface area (TPSA) is 44.4 Å². The Morgan fingerprint density at radius 2 is 1.94 bits per heavy atom. The molecular formula is C14H27N3O. The Balaban J connectivity index is 2.06. The fourth-order valence-electron chi connectivity index (χ4n) is 2.33. The lowest BCUT2D eigenvalue weighted by Crippen LogP contribution is -2.38. The standard InChI is InChI=1S/C14H27N3O/c1-3-17(4-2)12-11-16-14(18)15-10-9-13-7-5-6-8-13/h9-10,13H,3-8,11-12H2,1-2H3,(H2,15,16,18)/b10-9+. The van der Waals surface area contributed by atoms with Crippen LogP contribution >= 0.6 is 0 Å². The van der Waals surface area contributed by atoms with Gasteiger partial charge in [-0.25, -0.2) is 4.79 Å². The van der Waals surface area contributed by atoms with Crippen LogP contribution in [0, 0.1) is 5.92 Å². The first-order valence-corrected chi connectivity index (χ1v) is 7.19. The number of amides is 2. The molecule has 0 aliphatic heterocycles. The lowest BCUT2D eigenvalue weighted by atomic mass is 10.1. The van der Waals surface area contributed by atoms with E-state index in [1.165, 1.54) is 25.7 Å². The quantitative estimate of drug-likeness (QED) is 0.731. The van der Waals surface area contributed by atoms with Crippen LogP contribution in [0.15, 0.2) is 12.3 Å². The van der Waals surface area contributed by atoms with Gasteiger partial charge in [0.1, 0.15) is 0 Å². The maximum absolute atomic E-state index is 11.5. The Hall–Kier alpha value is -1.03. The molecule has 2 amide bonds. The fraction of sp³-hybridized carbons (Fsp3) is 0.786. The van der Waals surface area contributed by atoms with E-state index in [1.807, 2.05) is 0 Å². The first-order chi connectivity index (χ1) is 8.76. The van der Waals surface area contributed by atoms with E-state index in [4.69, 9.17) is 0 Å². The van der Waals surface area contributed by atoms with Gasteiger partial charge in [0.15, 0.2) is 0 Å². The molecule has 104 valence electrons. The fourth-order valence-corrected chi connectivity index (χ4v) is 2.33. The predicted octanol–water partition coefficient (Wildman–Crippen LogP) is 2.33. The number of hydrogen-bond donors (Lipinski definition) is 2. The average Bonchev–Trinajstić information content (AvgIpc) is 2.88. The normalized spacial score (nSPS) is 16.6. The zero-order chi connectivity index (χ0) is 13.2. The van der Waals surface area contributed by atoms with E-state index in [9.17, 15) is 4.79 Å². The molecule has 1 aliphatic rings. The Kier molecular flexibility index (Phi) is 7.49. The Bertz CT molecular complexity index is 256. The molecule has 0 spiro atoms. The van der Waals surface area contributed by atoms with Crippen molar-refractivity contribution in [1.82, 2.24) is 15.5 Å². The molecule has 2 N–H and O–H groups in total. The van der Waals surface area contributed by atoms with Gasteiger partial charge in [0.2, 0.25) is 0 Å². The highest BCUT2D eigenvalue weighted by Gasteiger charge is 2.11. The highest BCUT2D eigenvalue weighted by Crippen LogP contribution is 2.25. The van der Waals surface area contributed by atoms with Crippen LogP contribution in [-0.2, 0) is 0 Å². The first-order valence-electron chi connectivity index (χ1n) is 7.19. The summed E-state index contributed by atoms with van der Waals surface area (Å²) in [6, 6.07) is -0.101. The van der Waals surface area contributed by atoms with E-state index in [0.717, 1.165) is 19.6 Å². The van der Waals surface area contributed by atoms with E-state index in [-0.39, 0.29) is 6.03 Å². The summed E-state index contributed by atoms with van der Waals surface area (Å²) in [5.41, 5.74) is 0. The summed E-state index contributed by atoms with van der Waals surface area (Å²) in [7, 11) is 0. The molecule has 1 fully saturated rings. The van der Waals surface area contributed by atoms with Crippen molar-refractivity contribution in [3.63, 3.8) is 0 Å². The van der Waals surface area contributed by atoms with Gasteiger partial charge in [0.05, 0.1) is 0 Å². The summed E-state index contributed by atoms with van der Waals surface area (Å²) in [5, 5.41) is 5.63. The Morgan fingerprint density at radius 3 is 2.56 bits per heavy atom. The smallest absolute Gasteiger partial charge is 0.318 e. The van der Waals surface area contributed by atoms with Crippen LogP contribution in [0.4, 0.5) is 4.79 Å². The molecule has 1 rings (SSSR count). The molecule has 0 atom stereocenters. The van der Waals surface area contributed by atoms with Crippen molar-refractivity contribution in [3.05, 3.63) is 12.3 Å². The molecule has 18 heavy (non-hydrogen) atoms. The van der Waals surface area contributed by atoms with Crippen molar-refractivity contribution >= 4 is 6.03 Å². The summed E-state index contributed by atoms with van der Waals surface area (Å²) in [6.07, 6.45) is 9.10. The zero-order valence-corrected chi connectivity index (χ0v) is 11.7. The second-order valence-corrected chi connectivity index (χ2v) is 4.83. The molecule has 1 aliphatic carbocycles. The van der Waals surface area contributed by atoms with Crippen molar-refractivity contribution < 1.29 is 4.79 Å².